The third kappa shape index (κ3) is 3.36. The fourth-order valence-corrected chi connectivity index (χ4v) is 3.30. The summed E-state index contributed by atoms with van der Waals surface area (Å²) in [5, 5.41) is 4.86. The molecule has 0 fully saturated rings. The zero-order valence-corrected chi connectivity index (χ0v) is 14.6. The molecule has 3 heterocycles. The first-order valence-corrected chi connectivity index (χ1v) is 8.54. The average molecular weight is 356 g/mol. The second kappa shape index (κ2) is 6.46. The number of H-pyrrole nitrogens is 1. The number of nitrogens with zero attached hydrogens (tertiary/aromatic N) is 4. The van der Waals surface area contributed by atoms with Crippen LogP contribution in [0, 0.1) is 0 Å². The van der Waals surface area contributed by atoms with Crippen molar-refractivity contribution in [1.29, 1.82) is 0 Å². The Morgan fingerprint density at radius 1 is 1.28 bits per heavy atom. The zero-order chi connectivity index (χ0) is 17.4. The van der Waals surface area contributed by atoms with Crippen LogP contribution in [0.5, 0.6) is 0 Å². The van der Waals surface area contributed by atoms with Crippen molar-refractivity contribution in [2.75, 3.05) is 6.54 Å². The van der Waals surface area contributed by atoms with Crippen LogP contribution in [0.15, 0.2) is 41.5 Å². The van der Waals surface area contributed by atoms with Gasteiger partial charge in [0.25, 0.3) is 5.56 Å². The van der Waals surface area contributed by atoms with Crippen molar-refractivity contribution in [3.05, 3.63) is 68.9 Å². The van der Waals surface area contributed by atoms with Crippen molar-refractivity contribution in [3.8, 4) is 11.4 Å². The largest absolute Gasteiger partial charge is 0.306 e. The number of aromatic nitrogens is 4. The zero-order valence-electron chi connectivity index (χ0n) is 13.9. The maximum Gasteiger partial charge on any atom is 0.255 e. The third-order valence-electron chi connectivity index (χ3n) is 4.43. The van der Waals surface area contributed by atoms with Gasteiger partial charge in [0.2, 0.25) is 0 Å². The molecule has 7 heteroatoms. The van der Waals surface area contributed by atoms with Gasteiger partial charge >= 0.3 is 0 Å². The highest BCUT2D eigenvalue weighted by atomic mass is 35.5. The molecule has 25 heavy (non-hydrogen) atoms. The van der Waals surface area contributed by atoms with Crippen LogP contribution in [-0.4, -0.2) is 31.2 Å². The van der Waals surface area contributed by atoms with E-state index in [4.69, 9.17) is 11.6 Å². The van der Waals surface area contributed by atoms with E-state index < -0.39 is 0 Å². The molecule has 1 N–H and O–H groups in total. The van der Waals surface area contributed by atoms with Gasteiger partial charge in [0.1, 0.15) is 5.82 Å². The molecule has 4 rings (SSSR count). The number of benzene rings is 1. The fourth-order valence-electron chi connectivity index (χ4n) is 3.17. The summed E-state index contributed by atoms with van der Waals surface area (Å²) in [5.74, 6) is 0.598. The number of hydrogen-bond donors (Lipinski definition) is 1. The van der Waals surface area contributed by atoms with Crippen LogP contribution in [-0.2, 0) is 26.6 Å². The topological polar surface area (TPSA) is 66.8 Å². The van der Waals surface area contributed by atoms with Crippen LogP contribution in [0.4, 0.5) is 0 Å². The Kier molecular flexibility index (Phi) is 4.15. The van der Waals surface area contributed by atoms with Gasteiger partial charge in [0.05, 0.1) is 17.5 Å². The minimum Gasteiger partial charge on any atom is -0.306 e. The van der Waals surface area contributed by atoms with Gasteiger partial charge in [-0.1, -0.05) is 11.6 Å². The molecule has 0 atom stereocenters. The number of aryl methyl sites for hydroxylation is 1. The number of aromatic amines is 1. The Morgan fingerprint density at radius 2 is 2.08 bits per heavy atom. The molecular weight excluding hydrogens is 338 g/mol. The lowest BCUT2D eigenvalue weighted by atomic mass is 10.1. The molecule has 3 aromatic rings. The summed E-state index contributed by atoms with van der Waals surface area (Å²) in [5.41, 5.74) is 3.59. The highest BCUT2D eigenvalue weighted by Crippen LogP contribution is 2.21. The number of rotatable bonds is 3. The Labute approximate surface area is 150 Å². The van der Waals surface area contributed by atoms with Crippen molar-refractivity contribution >= 4 is 11.6 Å². The van der Waals surface area contributed by atoms with Gasteiger partial charge < -0.3 is 4.98 Å². The molecule has 6 nitrogen and oxygen atoms in total. The maximum absolute atomic E-state index is 12.6. The highest BCUT2D eigenvalue weighted by Gasteiger charge is 2.21. The van der Waals surface area contributed by atoms with Gasteiger partial charge in [0, 0.05) is 55.4 Å². The molecule has 0 bridgehead atoms. The lowest BCUT2D eigenvalue weighted by molar-refractivity contribution is 0.242. The van der Waals surface area contributed by atoms with E-state index in [1.165, 1.54) is 0 Å². The van der Waals surface area contributed by atoms with Gasteiger partial charge in [-0.05, 0) is 24.3 Å². The lowest BCUT2D eigenvalue weighted by Crippen LogP contribution is -2.35. The van der Waals surface area contributed by atoms with Crippen LogP contribution in [0.3, 0.4) is 0 Å². The Hall–Kier alpha value is -2.44. The van der Waals surface area contributed by atoms with E-state index in [2.05, 4.69) is 20.0 Å². The van der Waals surface area contributed by atoms with Crippen LogP contribution >= 0.6 is 11.6 Å². The predicted octanol–water partition coefficient (Wildman–Crippen LogP) is 2.38. The molecule has 2 aromatic heterocycles. The van der Waals surface area contributed by atoms with E-state index in [0.717, 1.165) is 41.9 Å². The molecule has 1 aliphatic heterocycles. The molecule has 0 unspecified atom stereocenters. The van der Waals surface area contributed by atoms with Crippen LogP contribution < -0.4 is 5.56 Å². The van der Waals surface area contributed by atoms with Gasteiger partial charge in [0.15, 0.2) is 0 Å². The number of hydrogen-bond acceptors (Lipinski definition) is 4. The van der Waals surface area contributed by atoms with Crippen molar-refractivity contribution in [2.24, 2.45) is 7.05 Å². The standard InChI is InChI=1S/C18H18ClN5O/c1-23-9-12(8-20-23)10-24-7-6-16-15(11-24)18(25)22-17(21-16)13-2-4-14(19)5-3-13/h2-5,8-9H,6-7,10-11H2,1H3,(H,21,22,25). The van der Waals surface area contributed by atoms with Crippen molar-refractivity contribution in [2.45, 2.75) is 19.5 Å². The van der Waals surface area contributed by atoms with E-state index in [9.17, 15) is 4.79 Å². The fraction of sp³-hybridized carbons (Fsp3) is 0.278. The summed E-state index contributed by atoms with van der Waals surface area (Å²) in [4.78, 5) is 22.4. The molecule has 0 spiro atoms. The van der Waals surface area contributed by atoms with Crippen LogP contribution in [0.2, 0.25) is 5.02 Å². The summed E-state index contributed by atoms with van der Waals surface area (Å²) in [6, 6.07) is 7.33. The summed E-state index contributed by atoms with van der Waals surface area (Å²) >= 11 is 5.93. The lowest BCUT2D eigenvalue weighted by Gasteiger charge is -2.27. The first-order chi connectivity index (χ1) is 12.1. The third-order valence-corrected chi connectivity index (χ3v) is 4.68. The molecule has 1 aromatic carbocycles. The minimum atomic E-state index is -0.0640. The molecule has 0 aliphatic carbocycles. The Balaban J connectivity index is 1.59. The van der Waals surface area contributed by atoms with Crippen LogP contribution in [0.1, 0.15) is 16.8 Å². The molecule has 0 radical (unpaired) electrons. The van der Waals surface area contributed by atoms with Crippen LogP contribution in [0.25, 0.3) is 11.4 Å². The van der Waals surface area contributed by atoms with Crippen molar-refractivity contribution in [3.63, 3.8) is 0 Å². The first kappa shape index (κ1) is 16.1. The van der Waals surface area contributed by atoms with Crippen molar-refractivity contribution < 1.29 is 0 Å². The summed E-state index contributed by atoms with van der Waals surface area (Å²) in [6.45, 7) is 2.26. The number of halogens is 1. The normalized spacial score (nSPS) is 14.5. The Bertz CT molecular complexity index is 960. The molecule has 128 valence electrons. The van der Waals surface area contributed by atoms with Gasteiger partial charge in [-0.3, -0.25) is 14.4 Å². The molecule has 0 saturated carbocycles. The monoisotopic (exact) mass is 355 g/mol. The van der Waals surface area contributed by atoms with E-state index in [-0.39, 0.29) is 5.56 Å². The molecular formula is C18H18ClN5O. The van der Waals surface area contributed by atoms with E-state index >= 15 is 0 Å². The second-order valence-corrected chi connectivity index (χ2v) is 6.77. The first-order valence-electron chi connectivity index (χ1n) is 8.16. The van der Waals surface area contributed by atoms with E-state index in [1.807, 2.05) is 31.6 Å². The summed E-state index contributed by atoms with van der Waals surface area (Å²) < 4.78 is 1.79. The summed E-state index contributed by atoms with van der Waals surface area (Å²) in [6.07, 6.45) is 4.63. The summed E-state index contributed by atoms with van der Waals surface area (Å²) in [7, 11) is 1.90. The smallest absolute Gasteiger partial charge is 0.255 e. The maximum atomic E-state index is 12.6. The van der Waals surface area contributed by atoms with Crippen molar-refractivity contribution in [1.82, 2.24) is 24.6 Å². The second-order valence-electron chi connectivity index (χ2n) is 6.33. The number of nitrogens with one attached hydrogen (secondary N) is 1. The highest BCUT2D eigenvalue weighted by molar-refractivity contribution is 6.30. The molecule has 1 aliphatic rings. The molecule has 0 amide bonds. The molecule has 0 saturated heterocycles. The SMILES string of the molecule is Cn1cc(CN2CCc3nc(-c4ccc(Cl)cc4)[nH]c(=O)c3C2)cn1. The van der Waals surface area contributed by atoms with Gasteiger partial charge in [-0.2, -0.15) is 5.10 Å². The minimum absolute atomic E-state index is 0.0640. The van der Waals surface area contributed by atoms with E-state index in [0.29, 0.717) is 17.4 Å². The van der Waals surface area contributed by atoms with Gasteiger partial charge in [-0.15, -0.1) is 0 Å². The van der Waals surface area contributed by atoms with Gasteiger partial charge in [-0.25, -0.2) is 4.98 Å². The number of fused-ring (bicyclic) bond motifs is 1. The predicted molar refractivity (Wildman–Crippen MR) is 96.3 cm³/mol. The Morgan fingerprint density at radius 3 is 2.80 bits per heavy atom. The quantitative estimate of drug-likeness (QED) is 0.783. The van der Waals surface area contributed by atoms with E-state index in [1.54, 1.807) is 16.8 Å². The average Bonchev–Trinajstić information content (AvgIpc) is 3.01.